The summed E-state index contributed by atoms with van der Waals surface area (Å²) in [5, 5.41) is 3.64. The molecule has 7 nitrogen and oxygen atoms in total. The maximum absolute atomic E-state index is 13.0. The molecule has 32 heavy (non-hydrogen) atoms. The average Bonchev–Trinajstić information content (AvgIpc) is 3.37. The second-order valence-electron chi connectivity index (χ2n) is 7.36. The van der Waals surface area contributed by atoms with Crippen LogP contribution < -0.4 is 14.8 Å². The van der Waals surface area contributed by atoms with Crippen molar-refractivity contribution in [3.63, 3.8) is 0 Å². The van der Waals surface area contributed by atoms with Crippen LogP contribution in [0.1, 0.15) is 21.8 Å². The van der Waals surface area contributed by atoms with Gasteiger partial charge in [-0.1, -0.05) is 12.1 Å². The van der Waals surface area contributed by atoms with Crippen LogP contribution in [0.3, 0.4) is 0 Å². The van der Waals surface area contributed by atoms with Crippen LogP contribution in [0.15, 0.2) is 77.5 Å². The van der Waals surface area contributed by atoms with Crippen LogP contribution in [-0.4, -0.2) is 22.4 Å². The number of fused-ring (bicyclic) bond motifs is 2. The van der Waals surface area contributed by atoms with Crippen molar-refractivity contribution in [3.8, 4) is 11.5 Å². The van der Waals surface area contributed by atoms with Gasteiger partial charge in [-0.2, -0.15) is 0 Å². The van der Waals surface area contributed by atoms with E-state index in [1.165, 1.54) is 0 Å². The number of nitrogens with one attached hydrogen (secondary N) is 1. The number of carbonyl (C=O) groups is 1. The molecule has 0 atom stereocenters. The van der Waals surface area contributed by atoms with E-state index < -0.39 is 0 Å². The first-order chi connectivity index (χ1) is 15.6. The Bertz CT molecular complexity index is 1400. The van der Waals surface area contributed by atoms with Gasteiger partial charge in [-0.15, -0.1) is 0 Å². The van der Waals surface area contributed by atoms with E-state index in [9.17, 15) is 4.79 Å². The van der Waals surface area contributed by atoms with E-state index in [0.29, 0.717) is 46.1 Å². The Morgan fingerprint density at radius 1 is 1.09 bits per heavy atom. The lowest BCUT2D eigenvalue weighted by molar-refractivity contribution is 0.102. The highest BCUT2D eigenvalue weighted by Crippen LogP contribution is 2.30. The lowest BCUT2D eigenvalue weighted by Gasteiger charge is -2.09. The summed E-state index contributed by atoms with van der Waals surface area (Å²) < 4.78 is 18.9. The number of nitrogens with zero attached hydrogens (tertiary/aromatic N) is 2. The first-order valence-electron chi connectivity index (χ1n) is 10.1. The van der Waals surface area contributed by atoms with E-state index in [1.807, 2.05) is 53.2 Å². The predicted molar refractivity (Wildman–Crippen MR) is 121 cm³/mol. The van der Waals surface area contributed by atoms with E-state index >= 15 is 0 Å². The number of benzene rings is 2. The molecule has 0 unspecified atom stereocenters. The molecule has 0 spiro atoms. The summed E-state index contributed by atoms with van der Waals surface area (Å²) in [5.41, 5.74) is 3.43. The molecule has 2 aromatic carbocycles. The molecule has 3 aromatic heterocycles. The van der Waals surface area contributed by atoms with Crippen LogP contribution >= 0.6 is 0 Å². The van der Waals surface area contributed by atoms with Crippen molar-refractivity contribution in [2.45, 2.75) is 13.5 Å². The highest BCUT2D eigenvalue weighted by Gasteiger charge is 2.19. The normalized spacial score (nSPS) is 11.1. The number of anilines is 1. The van der Waals surface area contributed by atoms with Crippen molar-refractivity contribution in [2.75, 3.05) is 12.4 Å². The van der Waals surface area contributed by atoms with Crippen LogP contribution in [0, 0.1) is 6.92 Å². The van der Waals surface area contributed by atoms with E-state index in [-0.39, 0.29) is 5.91 Å². The molecule has 0 aliphatic heterocycles. The summed E-state index contributed by atoms with van der Waals surface area (Å²) in [4.78, 5) is 17.6. The number of carbonyl (C=O) groups excluding carboxylic acids is 1. The zero-order chi connectivity index (χ0) is 22.1. The van der Waals surface area contributed by atoms with Gasteiger partial charge >= 0.3 is 0 Å². The summed E-state index contributed by atoms with van der Waals surface area (Å²) in [6.45, 7) is 2.10. The highest BCUT2D eigenvalue weighted by atomic mass is 16.5. The standard InChI is InChI=1S/C25H21N3O4/c1-16-24(21-13-19(30-2)9-10-22(21)32-16)25(29)27-17-6-5-7-20(12-17)31-15-18-14-28-11-4-3-8-23(28)26-18/h3-14H,15H2,1-2H3,(H,27,29). The van der Waals surface area contributed by atoms with Gasteiger partial charge in [0.25, 0.3) is 5.91 Å². The number of pyridine rings is 1. The topological polar surface area (TPSA) is 78.0 Å². The molecule has 7 heteroatoms. The van der Waals surface area contributed by atoms with Gasteiger partial charge in [0.05, 0.1) is 18.4 Å². The van der Waals surface area contributed by atoms with Crippen molar-refractivity contribution >= 4 is 28.2 Å². The van der Waals surface area contributed by atoms with Crippen LogP contribution in [0.25, 0.3) is 16.6 Å². The van der Waals surface area contributed by atoms with Crippen molar-refractivity contribution in [3.05, 3.63) is 90.1 Å². The number of ether oxygens (including phenoxy) is 2. The molecular weight excluding hydrogens is 406 g/mol. The van der Waals surface area contributed by atoms with Gasteiger partial charge in [0.1, 0.15) is 35.1 Å². The lowest BCUT2D eigenvalue weighted by Crippen LogP contribution is -2.12. The zero-order valence-corrected chi connectivity index (χ0v) is 17.7. The largest absolute Gasteiger partial charge is 0.497 e. The van der Waals surface area contributed by atoms with Crippen molar-refractivity contribution in [2.24, 2.45) is 0 Å². The maximum Gasteiger partial charge on any atom is 0.259 e. The van der Waals surface area contributed by atoms with E-state index in [0.717, 1.165) is 11.3 Å². The maximum atomic E-state index is 13.0. The molecule has 0 saturated carbocycles. The summed E-state index contributed by atoms with van der Waals surface area (Å²) in [6, 6.07) is 18.5. The number of rotatable bonds is 6. The molecule has 160 valence electrons. The van der Waals surface area contributed by atoms with Crippen molar-refractivity contribution in [1.82, 2.24) is 9.38 Å². The minimum absolute atomic E-state index is 0.257. The fourth-order valence-corrected chi connectivity index (χ4v) is 3.68. The summed E-state index contributed by atoms with van der Waals surface area (Å²) in [7, 11) is 1.59. The van der Waals surface area contributed by atoms with Gasteiger partial charge in [-0.3, -0.25) is 4.79 Å². The van der Waals surface area contributed by atoms with Crippen LogP contribution in [0.5, 0.6) is 11.5 Å². The number of aryl methyl sites for hydroxylation is 1. The average molecular weight is 427 g/mol. The third kappa shape index (κ3) is 3.76. The number of aromatic nitrogens is 2. The number of furan rings is 1. The molecule has 1 N–H and O–H groups in total. The summed E-state index contributed by atoms with van der Waals surface area (Å²) >= 11 is 0. The number of amides is 1. The van der Waals surface area contributed by atoms with Gasteiger partial charge < -0.3 is 23.6 Å². The van der Waals surface area contributed by atoms with Gasteiger partial charge in [0.2, 0.25) is 0 Å². The van der Waals surface area contributed by atoms with E-state index in [1.54, 1.807) is 38.3 Å². The fraction of sp³-hybridized carbons (Fsp3) is 0.120. The summed E-state index contributed by atoms with van der Waals surface area (Å²) in [6.07, 6.45) is 3.88. The number of methoxy groups -OCH3 is 1. The minimum Gasteiger partial charge on any atom is -0.497 e. The third-order valence-electron chi connectivity index (χ3n) is 5.19. The third-order valence-corrected chi connectivity index (χ3v) is 5.19. The van der Waals surface area contributed by atoms with Crippen molar-refractivity contribution < 1.29 is 18.7 Å². The molecule has 0 saturated heterocycles. The summed E-state index contributed by atoms with van der Waals surface area (Å²) in [5.74, 6) is 1.59. The molecule has 5 rings (SSSR count). The Hall–Kier alpha value is -4.26. The second-order valence-corrected chi connectivity index (χ2v) is 7.36. The van der Waals surface area contributed by atoms with Gasteiger partial charge in [0.15, 0.2) is 0 Å². The van der Waals surface area contributed by atoms with Crippen LogP contribution in [0.2, 0.25) is 0 Å². The molecule has 0 bridgehead atoms. The Balaban J connectivity index is 1.33. The molecule has 3 heterocycles. The molecule has 0 fully saturated rings. The monoisotopic (exact) mass is 427 g/mol. The van der Waals surface area contributed by atoms with Gasteiger partial charge in [0, 0.05) is 29.5 Å². The quantitative estimate of drug-likeness (QED) is 0.402. The smallest absolute Gasteiger partial charge is 0.259 e. The molecular formula is C25H21N3O4. The predicted octanol–water partition coefficient (Wildman–Crippen LogP) is 5.23. The number of hydrogen-bond acceptors (Lipinski definition) is 5. The SMILES string of the molecule is COc1ccc2oc(C)c(C(=O)Nc3cccc(OCc4cn5ccccc5n4)c3)c2c1. The molecule has 1 amide bonds. The number of imidazole rings is 1. The Labute approximate surface area is 184 Å². The minimum atomic E-state index is -0.257. The number of hydrogen-bond donors (Lipinski definition) is 1. The van der Waals surface area contributed by atoms with Crippen LogP contribution in [-0.2, 0) is 6.61 Å². The van der Waals surface area contributed by atoms with E-state index in [4.69, 9.17) is 13.9 Å². The molecule has 0 radical (unpaired) electrons. The lowest BCUT2D eigenvalue weighted by atomic mass is 10.1. The van der Waals surface area contributed by atoms with E-state index in [2.05, 4.69) is 10.3 Å². The first-order valence-corrected chi connectivity index (χ1v) is 10.1. The van der Waals surface area contributed by atoms with Gasteiger partial charge in [-0.05, 0) is 49.4 Å². The Morgan fingerprint density at radius 2 is 2.00 bits per heavy atom. The molecule has 5 aromatic rings. The Morgan fingerprint density at radius 3 is 2.84 bits per heavy atom. The molecule has 0 aliphatic rings. The first kappa shape index (κ1) is 19.7. The van der Waals surface area contributed by atoms with Crippen molar-refractivity contribution in [1.29, 1.82) is 0 Å². The van der Waals surface area contributed by atoms with Gasteiger partial charge in [-0.25, -0.2) is 4.98 Å². The fourth-order valence-electron chi connectivity index (χ4n) is 3.68. The Kier molecular flexibility index (Phi) is 4.99. The second kappa shape index (κ2) is 8.11. The highest BCUT2D eigenvalue weighted by molar-refractivity contribution is 6.13. The van der Waals surface area contributed by atoms with Crippen LogP contribution in [0.4, 0.5) is 5.69 Å². The zero-order valence-electron chi connectivity index (χ0n) is 17.7. The molecule has 0 aliphatic carbocycles.